The number of halogens is 2. The third-order valence-electron chi connectivity index (χ3n) is 3.35. The number of hydrogen-bond acceptors (Lipinski definition) is 2. The molecule has 2 rings (SSSR count). The molecule has 0 spiro atoms. The number of amides is 1. The Morgan fingerprint density at radius 3 is 2.61 bits per heavy atom. The van der Waals surface area contributed by atoms with Crippen LogP contribution in [0, 0.1) is 18.6 Å². The SMILES string of the molecule is Cc1ccc(C(C)C)c(OCC(=O)Nc2cc(F)ccc2F)c1. The van der Waals surface area contributed by atoms with Crippen molar-refractivity contribution in [2.75, 3.05) is 11.9 Å². The van der Waals surface area contributed by atoms with E-state index >= 15 is 0 Å². The first-order valence-electron chi connectivity index (χ1n) is 7.35. The van der Waals surface area contributed by atoms with Crippen molar-refractivity contribution >= 4 is 11.6 Å². The second-order valence-corrected chi connectivity index (χ2v) is 5.66. The summed E-state index contributed by atoms with van der Waals surface area (Å²) in [7, 11) is 0. The molecule has 1 N–H and O–H groups in total. The van der Waals surface area contributed by atoms with Gasteiger partial charge in [-0.05, 0) is 42.2 Å². The van der Waals surface area contributed by atoms with E-state index in [-0.39, 0.29) is 18.2 Å². The summed E-state index contributed by atoms with van der Waals surface area (Å²) in [6.07, 6.45) is 0. The Hall–Kier alpha value is -2.43. The van der Waals surface area contributed by atoms with Gasteiger partial charge in [0.25, 0.3) is 5.91 Å². The summed E-state index contributed by atoms with van der Waals surface area (Å²) in [5.41, 5.74) is 1.80. The molecule has 0 aliphatic heterocycles. The summed E-state index contributed by atoms with van der Waals surface area (Å²) in [4.78, 5) is 11.9. The lowest BCUT2D eigenvalue weighted by molar-refractivity contribution is -0.118. The fraction of sp³-hybridized carbons (Fsp3) is 0.278. The Balaban J connectivity index is 2.05. The van der Waals surface area contributed by atoms with Gasteiger partial charge in [0.1, 0.15) is 17.4 Å². The summed E-state index contributed by atoms with van der Waals surface area (Å²) in [6.45, 7) is 5.71. The molecule has 3 nitrogen and oxygen atoms in total. The van der Waals surface area contributed by atoms with Crippen molar-refractivity contribution < 1.29 is 18.3 Å². The number of hydrogen-bond donors (Lipinski definition) is 1. The fourth-order valence-electron chi connectivity index (χ4n) is 2.17. The summed E-state index contributed by atoms with van der Waals surface area (Å²) < 4.78 is 32.1. The van der Waals surface area contributed by atoms with Crippen molar-refractivity contribution in [2.24, 2.45) is 0 Å². The maximum atomic E-state index is 13.5. The van der Waals surface area contributed by atoms with Crippen LogP contribution in [0.2, 0.25) is 0 Å². The van der Waals surface area contributed by atoms with Crippen molar-refractivity contribution in [1.29, 1.82) is 0 Å². The molecule has 5 heteroatoms. The van der Waals surface area contributed by atoms with Crippen LogP contribution in [-0.4, -0.2) is 12.5 Å². The number of benzene rings is 2. The largest absolute Gasteiger partial charge is 0.483 e. The van der Waals surface area contributed by atoms with E-state index in [0.29, 0.717) is 5.75 Å². The highest BCUT2D eigenvalue weighted by atomic mass is 19.1. The van der Waals surface area contributed by atoms with Gasteiger partial charge in [-0.25, -0.2) is 8.78 Å². The molecule has 0 saturated carbocycles. The molecule has 0 aliphatic carbocycles. The van der Waals surface area contributed by atoms with Gasteiger partial charge in [-0.2, -0.15) is 0 Å². The van der Waals surface area contributed by atoms with Gasteiger partial charge in [-0.15, -0.1) is 0 Å². The lowest BCUT2D eigenvalue weighted by Crippen LogP contribution is -2.21. The molecule has 1 amide bonds. The first kappa shape index (κ1) is 16.9. The molecule has 0 aromatic heterocycles. The molecule has 0 aliphatic rings. The quantitative estimate of drug-likeness (QED) is 0.886. The lowest BCUT2D eigenvalue weighted by Gasteiger charge is -2.15. The number of rotatable bonds is 5. The molecule has 122 valence electrons. The third kappa shape index (κ3) is 4.52. The zero-order chi connectivity index (χ0) is 17.0. The van der Waals surface area contributed by atoms with Crippen molar-refractivity contribution in [3.8, 4) is 5.75 Å². The highest BCUT2D eigenvalue weighted by Gasteiger charge is 2.12. The minimum absolute atomic E-state index is 0.202. The molecule has 23 heavy (non-hydrogen) atoms. The van der Waals surface area contributed by atoms with Gasteiger partial charge in [0.15, 0.2) is 6.61 Å². The van der Waals surface area contributed by atoms with Crippen molar-refractivity contribution in [3.05, 3.63) is 59.2 Å². The van der Waals surface area contributed by atoms with E-state index in [1.165, 1.54) is 0 Å². The smallest absolute Gasteiger partial charge is 0.262 e. The number of anilines is 1. The first-order valence-corrected chi connectivity index (χ1v) is 7.35. The Kier molecular flexibility index (Phi) is 5.32. The van der Waals surface area contributed by atoms with E-state index in [1.807, 2.05) is 39.0 Å². The normalized spacial score (nSPS) is 10.7. The van der Waals surface area contributed by atoms with Gasteiger partial charge < -0.3 is 10.1 Å². The molecule has 2 aromatic carbocycles. The molecule has 0 fully saturated rings. The number of carbonyl (C=O) groups is 1. The van der Waals surface area contributed by atoms with Crippen LogP contribution in [0.25, 0.3) is 0 Å². The molecule has 0 unspecified atom stereocenters. The number of carbonyl (C=O) groups excluding carboxylic acids is 1. The zero-order valence-electron chi connectivity index (χ0n) is 13.3. The highest BCUT2D eigenvalue weighted by Crippen LogP contribution is 2.27. The Bertz CT molecular complexity index is 714. The fourth-order valence-corrected chi connectivity index (χ4v) is 2.17. The zero-order valence-corrected chi connectivity index (χ0v) is 13.3. The Labute approximate surface area is 134 Å². The maximum absolute atomic E-state index is 13.5. The van der Waals surface area contributed by atoms with E-state index in [1.54, 1.807) is 0 Å². The van der Waals surface area contributed by atoms with Crippen LogP contribution in [0.4, 0.5) is 14.5 Å². The van der Waals surface area contributed by atoms with Crippen LogP contribution in [-0.2, 0) is 4.79 Å². The van der Waals surface area contributed by atoms with Crippen molar-refractivity contribution in [3.63, 3.8) is 0 Å². The summed E-state index contributed by atoms with van der Waals surface area (Å²) in [5, 5.41) is 2.31. The van der Waals surface area contributed by atoms with Crippen molar-refractivity contribution in [2.45, 2.75) is 26.7 Å². The van der Waals surface area contributed by atoms with Crippen LogP contribution in [0.3, 0.4) is 0 Å². The van der Waals surface area contributed by atoms with E-state index in [9.17, 15) is 13.6 Å². The van der Waals surface area contributed by atoms with Gasteiger partial charge in [0, 0.05) is 6.07 Å². The first-order chi connectivity index (χ1) is 10.9. The minimum atomic E-state index is -0.696. The number of aryl methyl sites for hydroxylation is 1. The number of ether oxygens (including phenoxy) is 1. The van der Waals surface area contributed by atoms with Gasteiger partial charge in [0.05, 0.1) is 5.69 Å². The molecular weight excluding hydrogens is 300 g/mol. The van der Waals surface area contributed by atoms with E-state index in [0.717, 1.165) is 29.3 Å². The summed E-state index contributed by atoms with van der Waals surface area (Å²) >= 11 is 0. The molecular formula is C18H19F2NO2. The number of nitrogens with one attached hydrogen (secondary N) is 1. The Morgan fingerprint density at radius 2 is 1.91 bits per heavy atom. The molecule has 0 atom stereocenters. The lowest BCUT2D eigenvalue weighted by atomic mass is 10.0. The van der Waals surface area contributed by atoms with Gasteiger partial charge in [-0.3, -0.25) is 4.79 Å². The second-order valence-electron chi connectivity index (χ2n) is 5.66. The van der Waals surface area contributed by atoms with Crippen LogP contribution in [0.15, 0.2) is 36.4 Å². The molecule has 2 aromatic rings. The highest BCUT2D eigenvalue weighted by molar-refractivity contribution is 5.92. The van der Waals surface area contributed by atoms with Crippen molar-refractivity contribution in [1.82, 2.24) is 0 Å². The van der Waals surface area contributed by atoms with Crippen LogP contribution < -0.4 is 10.1 Å². The van der Waals surface area contributed by atoms with E-state index in [4.69, 9.17) is 4.74 Å². The van der Waals surface area contributed by atoms with E-state index < -0.39 is 17.5 Å². The topological polar surface area (TPSA) is 38.3 Å². The molecule has 0 heterocycles. The predicted molar refractivity (Wildman–Crippen MR) is 85.8 cm³/mol. The van der Waals surface area contributed by atoms with Crippen LogP contribution in [0.5, 0.6) is 5.75 Å². The molecule has 0 saturated heterocycles. The summed E-state index contributed by atoms with van der Waals surface area (Å²) in [5.74, 6) is -1.00. The average Bonchev–Trinajstić information content (AvgIpc) is 2.48. The molecule has 0 radical (unpaired) electrons. The van der Waals surface area contributed by atoms with Crippen LogP contribution in [0.1, 0.15) is 30.9 Å². The second kappa shape index (κ2) is 7.22. The van der Waals surface area contributed by atoms with Gasteiger partial charge >= 0.3 is 0 Å². The Morgan fingerprint density at radius 1 is 1.17 bits per heavy atom. The molecule has 0 bridgehead atoms. The minimum Gasteiger partial charge on any atom is -0.483 e. The predicted octanol–water partition coefficient (Wildman–Crippen LogP) is 4.41. The van der Waals surface area contributed by atoms with Gasteiger partial charge in [0.2, 0.25) is 0 Å². The van der Waals surface area contributed by atoms with E-state index in [2.05, 4.69) is 5.32 Å². The standard InChI is InChI=1S/C18H19F2NO2/c1-11(2)14-6-4-12(3)8-17(14)23-10-18(22)21-16-9-13(19)5-7-15(16)20/h4-9,11H,10H2,1-3H3,(H,21,22). The third-order valence-corrected chi connectivity index (χ3v) is 3.35. The van der Waals surface area contributed by atoms with Gasteiger partial charge in [-0.1, -0.05) is 26.0 Å². The average molecular weight is 319 g/mol. The van der Waals surface area contributed by atoms with Crippen LogP contribution >= 0.6 is 0 Å². The monoisotopic (exact) mass is 319 g/mol. The maximum Gasteiger partial charge on any atom is 0.262 e. The summed E-state index contributed by atoms with van der Waals surface area (Å²) in [6, 6.07) is 8.67.